The van der Waals surface area contributed by atoms with Crippen molar-refractivity contribution in [1.82, 2.24) is 0 Å². The summed E-state index contributed by atoms with van der Waals surface area (Å²) >= 11 is 0. The van der Waals surface area contributed by atoms with Gasteiger partial charge in [-0.2, -0.15) is 0 Å². The molecule has 0 spiro atoms. The summed E-state index contributed by atoms with van der Waals surface area (Å²) in [5, 5.41) is 9.68. The maximum Gasteiger partial charge on any atom is 0.307 e. The van der Waals surface area contributed by atoms with Crippen molar-refractivity contribution >= 4 is 27.4 Å². The molecule has 7 nitrogen and oxygen atoms in total. The van der Waals surface area contributed by atoms with Gasteiger partial charge < -0.3 is 14.7 Å². The Morgan fingerprint density at radius 1 is 1.15 bits per heavy atom. The summed E-state index contributed by atoms with van der Waals surface area (Å²) in [5.41, 5.74) is 5.75. The molecule has 2 aromatic rings. The van der Waals surface area contributed by atoms with Gasteiger partial charge in [0.05, 0.1) is 32.0 Å². The molecule has 1 N–H and O–H groups in total. The molecule has 2 aliphatic heterocycles. The van der Waals surface area contributed by atoms with Crippen LogP contribution in [0.15, 0.2) is 24.3 Å². The molecule has 1 fully saturated rings. The summed E-state index contributed by atoms with van der Waals surface area (Å²) in [4.78, 5) is 14.1. The Morgan fingerprint density at radius 2 is 1.82 bits per heavy atom. The molecule has 0 bridgehead atoms. The highest BCUT2D eigenvalue weighted by Crippen LogP contribution is 2.48. The predicted molar refractivity (Wildman–Crippen MR) is 131 cm³/mol. The van der Waals surface area contributed by atoms with E-state index in [2.05, 4.69) is 18.7 Å². The lowest BCUT2D eigenvalue weighted by Gasteiger charge is -2.41. The Hall–Kier alpha value is -2.74. The maximum atomic E-state index is 12.8. The second-order valence-electron chi connectivity index (χ2n) is 9.91. The Bertz CT molecular complexity index is 1210. The fraction of sp³-hybridized carbons (Fsp3) is 0.480. The number of benzene rings is 2. The minimum absolute atomic E-state index is 0.151. The van der Waals surface area contributed by atoms with E-state index in [1.54, 1.807) is 7.11 Å². The lowest BCUT2D eigenvalue weighted by atomic mass is 9.82. The van der Waals surface area contributed by atoms with Crippen LogP contribution in [0.2, 0.25) is 0 Å². The number of sulfonamides is 1. The number of anilines is 2. The number of hydrogen-bond acceptors (Lipinski definition) is 5. The number of aliphatic carboxylic acids is 1. The minimum atomic E-state index is -3.59. The fourth-order valence-corrected chi connectivity index (χ4v) is 5.91. The number of hydrogen-bond donors (Lipinski definition) is 1. The summed E-state index contributed by atoms with van der Waals surface area (Å²) in [6.07, 6.45) is 3.07. The van der Waals surface area contributed by atoms with Crippen LogP contribution in [0.4, 0.5) is 11.4 Å². The second kappa shape index (κ2) is 8.24. The summed E-state index contributed by atoms with van der Waals surface area (Å²) in [7, 11) is -2.00. The SMILES string of the molecule is COc1ccc2c(c1)CN(S(C)(=O)=O)c1c-2cc(N2CCC(C)(C)CC2)c(CC(=O)O)c1C. The zero-order valence-corrected chi connectivity index (χ0v) is 20.8. The van der Waals surface area contributed by atoms with Crippen LogP contribution in [0.5, 0.6) is 5.75 Å². The third-order valence-electron chi connectivity index (χ3n) is 7.01. The number of fused-ring (bicyclic) bond motifs is 3. The van der Waals surface area contributed by atoms with Gasteiger partial charge in [0.1, 0.15) is 5.75 Å². The molecule has 0 atom stereocenters. The highest BCUT2D eigenvalue weighted by Gasteiger charge is 2.34. The molecule has 1 saturated heterocycles. The molecular weight excluding hydrogens is 440 g/mol. The van der Waals surface area contributed by atoms with Crippen LogP contribution >= 0.6 is 0 Å². The first-order valence-electron chi connectivity index (χ1n) is 11.2. The van der Waals surface area contributed by atoms with E-state index in [0.29, 0.717) is 22.6 Å². The zero-order chi connectivity index (χ0) is 24.1. The van der Waals surface area contributed by atoms with E-state index in [0.717, 1.165) is 48.3 Å². The van der Waals surface area contributed by atoms with Gasteiger partial charge in [0, 0.05) is 24.3 Å². The molecule has 0 aromatic heterocycles. The number of piperidine rings is 1. The first-order valence-corrected chi connectivity index (χ1v) is 13.0. The van der Waals surface area contributed by atoms with Gasteiger partial charge >= 0.3 is 5.97 Å². The van der Waals surface area contributed by atoms with Gasteiger partial charge in [-0.25, -0.2) is 8.42 Å². The molecule has 178 valence electrons. The molecule has 0 amide bonds. The minimum Gasteiger partial charge on any atom is -0.497 e. The van der Waals surface area contributed by atoms with Crippen LogP contribution in [-0.2, 0) is 27.8 Å². The monoisotopic (exact) mass is 472 g/mol. The van der Waals surface area contributed by atoms with Crippen molar-refractivity contribution in [2.75, 3.05) is 35.7 Å². The summed E-state index contributed by atoms with van der Waals surface area (Å²) in [6, 6.07) is 7.72. The van der Waals surface area contributed by atoms with Crippen LogP contribution < -0.4 is 13.9 Å². The Kier molecular flexibility index (Phi) is 5.85. The molecule has 8 heteroatoms. The zero-order valence-electron chi connectivity index (χ0n) is 19.9. The van der Waals surface area contributed by atoms with Gasteiger partial charge in [-0.1, -0.05) is 19.9 Å². The van der Waals surface area contributed by atoms with E-state index in [1.165, 1.54) is 10.6 Å². The number of ether oxygens (including phenoxy) is 1. The molecule has 0 radical (unpaired) electrons. The number of carboxylic acids is 1. The second-order valence-corrected chi connectivity index (χ2v) is 11.8. The van der Waals surface area contributed by atoms with Gasteiger partial charge in [-0.05, 0) is 65.6 Å². The highest BCUT2D eigenvalue weighted by atomic mass is 32.2. The number of carboxylic acid groups (broad SMARTS) is 1. The first kappa shape index (κ1) is 23.4. The Balaban J connectivity index is 1.97. The summed E-state index contributed by atoms with van der Waals surface area (Å²) in [6.45, 7) is 8.22. The number of rotatable bonds is 5. The average Bonchev–Trinajstić information content (AvgIpc) is 2.73. The van der Waals surface area contributed by atoms with Crippen LogP contribution in [0.25, 0.3) is 11.1 Å². The van der Waals surface area contributed by atoms with Gasteiger partial charge in [0.15, 0.2) is 0 Å². The Labute approximate surface area is 196 Å². The molecule has 0 unspecified atom stereocenters. The van der Waals surface area contributed by atoms with Gasteiger partial charge in [0.2, 0.25) is 10.0 Å². The lowest BCUT2D eigenvalue weighted by Crippen LogP contribution is -2.38. The first-order chi connectivity index (χ1) is 15.4. The van der Waals surface area contributed by atoms with Crippen molar-refractivity contribution in [3.63, 3.8) is 0 Å². The van der Waals surface area contributed by atoms with Crippen LogP contribution in [0.1, 0.15) is 43.4 Å². The van der Waals surface area contributed by atoms with E-state index in [9.17, 15) is 18.3 Å². The van der Waals surface area contributed by atoms with E-state index in [-0.39, 0.29) is 18.4 Å². The molecular formula is C25H32N2O5S. The molecule has 0 saturated carbocycles. The van der Waals surface area contributed by atoms with Gasteiger partial charge in [0.25, 0.3) is 0 Å². The normalized spacial score (nSPS) is 17.4. The number of methoxy groups -OCH3 is 1. The van der Waals surface area contributed by atoms with Crippen LogP contribution in [-0.4, -0.2) is 45.9 Å². The van der Waals surface area contributed by atoms with E-state index in [1.807, 2.05) is 31.2 Å². The number of carbonyl (C=O) groups is 1. The van der Waals surface area contributed by atoms with Gasteiger partial charge in [-0.15, -0.1) is 0 Å². The summed E-state index contributed by atoms with van der Waals surface area (Å²) < 4.78 is 32.4. The van der Waals surface area contributed by atoms with Crippen molar-refractivity contribution in [2.45, 2.75) is 46.6 Å². The van der Waals surface area contributed by atoms with E-state index < -0.39 is 16.0 Å². The smallest absolute Gasteiger partial charge is 0.307 e. The molecule has 0 aliphatic carbocycles. The van der Waals surface area contributed by atoms with Crippen molar-refractivity contribution < 1.29 is 23.1 Å². The van der Waals surface area contributed by atoms with Crippen molar-refractivity contribution in [3.8, 4) is 16.9 Å². The number of nitrogens with zero attached hydrogens (tertiary/aromatic N) is 2. The third-order valence-corrected chi connectivity index (χ3v) is 8.12. The Morgan fingerprint density at radius 3 is 2.39 bits per heavy atom. The lowest BCUT2D eigenvalue weighted by molar-refractivity contribution is -0.136. The third kappa shape index (κ3) is 4.40. The molecule has 2 aromatic carbocycles. The van der Waals surface area contributed by atoms with Gasteiger partial charge in [-0.3, -0.25) is 9.10 Å². The molecule has 2 heterocycles. The summed E-state index contributed by atoms with van der Waals surface area (Å²) in [5.74, 6) is -0.258. The van der Waals surface area contributed by atoms with E-state index in [4.69, 9.17) is 4.74 Å². The largest absolute Gasteiger partial charge is 0.497 e. The van der Waals surface area contributed by atoms with Crippen molar-refractivity contribution in [1.29, 1.82) is 0 Å². The average molecular weight is 473 g/mol. The molecule has 33 heavy (non-hydrogen) atoms. The van der Waals surface area contributed by atoms with Crippen molar-refractivity contribution in [2.24, 2.45) is 5.41 Å². The van der Waals surface area contributed by atoms with Crippen LogP contribution in [0.3, 0.4) is 0 Å². The van der Waals surface area contributed by atoms with Crippen molar-refractivity contribution in [3.05, 3.63) is 41.0 Å². The molecule has 2 aliphatic rings. The quantitative estimate of drug-likeness (QED) is 0.702. The van der Waals surface area contributed by atoms with Crippen LogP contribution in [0, 0.1) is 12.3 Å². The maximum absolute atomic E-state index is 12.8. The molecule has 4 rings (SSSR count). The topological polar surface area (TPSA) is 87.2 Å². The van der Waals surface area contributed by atoms with E-state index >= 15 is 0 Å². The fourth-order valence-electron chi connectivity index (χ4n) is 4.97. The standard InChI is InChI=1S/C25H32N2O5S/c1-16-20(14-23(28)29)22(26-10-8-25(2,3)9-11-26)13-21-19-7-6-18(32-4)12-17(19)15-27(24(16)21)33(5,30)31/h6-7,12-13H,8-11,14-15H2,1-5H3,(H,28,29). The predicted octanol–water partition coefficient (Wildman–Crippen LogP) is 4.20. The highest BCUT2D eigenvalue weighted by molar-refractivity contribution is 7.92.